The molecular weight excluding hydrogens is 362 g/mol. The maximum absolute atomic E-state index is 13.4. The molecule has 3 aromatic rings. The van der Waals surface area contributed by atoms with E-state index in [1.54, 1.807) is 0 Å². The minimum atomic E-state index is -0.126. The van der Waals surface area contributed by atoms with Crippen molar-refractivity contribution in [1.82, 2.24) is 9.47 Å². The van der Waals surface area contributed by atoms with E-state index >= 15 is 0 Å². The average molecular weight is 389 g/mol. The fourth-order valence-corrected chi connectivity index (χ4v) is 4.10. The Labute approximate surface area is 171 Å². The first-order chi connectivity index (χ1) is 14.1. The molecule has 0 aliphatic carbocycles. The van der Waals surface area contributed by atoms with Gasteiger partial charge in [-0.25, -0.2) is 4.79 Å². The smallest absolute Gasteiger partial charge is 0.322 e. The van der Waals surface area contributed by atoms with Gasteiger partial charge >= 0.3 is 6.03 Å². The highest BCUT2D eigenvalue weighted by molar-refractivity contribution is 5.91. The molecule has 5 nitrogen and oxygen atoms in total. The lowest BCUT2D eigenvalue weighted by molar-refractivity contribution is 0.181. The molecule has 2 aromatic carbocycles. The van der Waals surface area contributed by atoms with E-state index in [-0.39, 0.29) is 12.1 Å². The van der Waals surface area contributed by atoms with Gasteiger partial charge in [-0.3, -0.25) is 0 Å². The number of anilines is 1. The summed E-state index contributed by atoms with van der Waals surface area (Å²) in [6.07, 6.45) is 2.09. The van der Waals surface area contributed by atoms with Crippen LogP contribution in [0.5, 0.6) is 5.75 Å². The van der Waals surface area contributed by atoms with E-state index in [9.17, 15) is 4.79 Å². The summed E-state index contributed by atoms with van der Waals surface area (Å²) in [6.45, 7) is 8.12. The number of nitrogens with zero attached hydrogens (tertiary/aromatic N) is 2. The van der Waals surface area contributed by atoms with Gasteiger partial charge in [-0.15, -0.1) is 0 Å². The van der Waals surface area contributed by atoms with E-state index in [1.165, 1.54) is 11.1 Å². The molecule has 2 heterocycles. The second-order valence-corrected chi connectivity index (χ2v) is 7.44. The van der Waals surface area contributed by atoms with Gasteiger partial charge in [-0.05, 0) is 56.2 Å². The number of hydrogen-bond donors (Lipinski definition) is 1. The molecule has 0 fully saturated rings. The Balaban J connectivity index is 1.69. The van der Waals surface area contributed by atoms with Gasteiger partial charge < -0.3 is 19.5 Å². The number of urea groups is 1. The summed E-state index contributed by atoms with van der Waals surface area (Å²) in [5, 5.41) is 3.07. The lowest BCUT2D eigenvalue weighted by Gasteiger charge is -2.38. The highest BCUT2D eigenvalue weighted by atomic mass is 16.5. The SMILES string of the molecule is CCOc1ccccc1NC(=O)N1CCn2cccc2[C@H]1c1ccc(C)cc1C. The molecule has 0 spiro atoms. The second-order valence-electron chi connectivity index (χ2n) is 7.44. The van der Waals surface area contributed by atoms with Gasteiger partial charge in [0.2, 0.25) is 0 Å². The summed E-state index contributed by atoms with van der Waals surface area (Å²) in [7, 11) is 0. The minimum absolute atomic E-state index is 0.116. The summed E-state index contributed by atoms with van der Waals surface area (Å²) in [5.74, 6) is 0.687. The van der Waals surface area contributed by atoms with Gasteiger partial charge in [0, 0.05) is 25.0 Å². The molecule has 2 amide bonds. The van der Waals surface area contributed by atoms with Gasteiger partial charge in [0.15, 0.2) is 0 Å². The Morgan fingerprint density at radius 1 is 1.10 bits per heavy atom. The van der Waals surface area contributed by atoms with Crippen LogP contribution in [0.25, 0.3) is 0 Å². The number of para-hydroxylation sites is 2. The van der Waals surface area contributed by atoms with Crippen molar-refractivity contribution in [3.8, 4) is 5.75 Å². The lowest BCUT2D eigenvalue weighted by Crippen LogP contribution is -2.44. The molecule has 1 aromatic heterocycles. The number of benzene rings is 2. The molecule has 0 saturated heterocycles. The number of nitrogens with one attached hydrogen (secondary N) is 1. The number of rotatable bonds is 4. The molecule has 0 bridgehead atoms. The van der Waals surface area contributed by atoms with Crippen LogP contribution in [-0.4, -0.2) is 28.6 Å². The molecule has 1 aliphatic rings. The van der Waals surface area contributed by atoms with Crippen LogP contribution in [0.2, 0.25) is 0 Å². The molecule has 150 valence electrons. The molecule has 29 heavy (non-hydrogen) atoms. The number of carbonyl (C=O) groups excluding carboxylic acids is 1. The number of aromatic nitrogens is 1. The Kier molecular flexibility index (Phi) is 5.30. The minimum Gasteiger partial charge on any atom is -0.492 e. The summed E-state index contributed by atoms with van der Waals surface area (Å²) in [5.41, 5.74) is 5.40. The van der Waals surface area contributed by atoms with Crippen molar-refractivity contribution in [3.05, 3.63) is 83.2 Å². The van der Waals surface area contributed by atoms with Crippen molar-refractivity contribution < 1.29 is 9.53 Å². The van der Waals surface area contributed by atoms with Gasteiger partial charge in [0.1, 0.15) is 5.75 Å². The van der Waals surface area contributed by atoms with Gasteiger partial charge in [-0.2, -0.15) is 0 Å². The lowest BCUT2D eigenvalue weighted by atomic mass is 9.94. The summed E-state index contributed by atoms with van der Waals surface area (Å²) in [4.78, 5) is 15.3. The fourth-order valence-electron chi connectivity index (χ4n) is 4.10. The molecule has 1 aliphatic heterocycles. The molecular formula is C24H27N3O2. The number of carbonyl (C=O) groups is 1. The number of amides is 2. The van der Waals surface area contributed by atoms with Crippen LogP contribution < -0.4 is 10.1 Å². The molecule has 0 unspecified atom stereocenters. The van der Waals surface area contributed by atoms with Crippen LogP contribution in [-0.2, 0) is 6.54 Å². The van der Waals surface area contributed by atoms with Crippen molar-refractivity contribution >= 4 is 11.7 Å². The van der Waals surface area contributed by atoms with E-state index in [0.717, 1.165) is 17.8 Å². The van der Waals surface area contributed by atoms with E-state index in [0.29, 0.717) is 24.6 Å². The number of ether oxygens (including phenoxy) is 1. The first-order valence-corrected chi connectivity index (χ1v) is 10.1. The van der Waals surface area contributed by atoms with Crippen molar-refractivity contribution in [2.24, 2.45) is 0 Å². The molecule has 1 atom stereocenters. The number of fused-ring (bicyclic) bond motifs is 1. The molecule has 4 rings (SSSR count). The van der Waals surface area contributed by atoms with Gasteiger partial charge in [-0.1, -0.05) is 35.9 Å². The van der Waals surface area contributed by atoms with Crippen LogP contribution in [0.3, 0.4) is 0 Å². The largest absolute Gasteiger partial charge is 0.492 e. The predicted molar refractivity (Wildman–Crippen MR) is 116 cm³/mol. The predicted octanol–water partition coefficient (Wildman–Crippen LogP) is 5.14. The van der Waals surface area contributed by atoms with Crippen LogP contribution in [0.15, 0.2) is 60.8 Å². The number of hydrogen-bond acceptors (Lipinski definition) is 2. The summed E-state index contributed by atoms with van der Waals surface area (Å²) in [6, 6.07) is 17.9. The Bertz CT molecular complexity index is 1020. The van der Waals surface area contributed by atoms with E-state index in [1.807, 2.05) is 36.1 Å². The zero-order valence-electron chi connectivity index (χ0n) is 17.2. The third kappa shape index (κ3) is 3.73. The van der Waals surface area contributed by atoms with Crippen molar-refractivity contribution in [1.29, 1.82) is 0 Å². The first kappa shape index (κ1) is 19.1. The molecule has 5 heteroatoms. The first-order valence-electron chi connectivity index (χ1n) is 10.1. The number of aryl methyl sites for hydroxylation is 2. The van der Waals surface area contributed by atoms with Crippen molar-refractivity contribution in [2.45, 2.75) is 33.4 Å². The average Bonchev–Trinajstić information content (AvgIpc) is 3.18. The molecule has 0 saturated carbocycles. The summed E-state index contributed by atoms with van der Waals surface area (Å²) >= 11 is 0. The molecule has 1 N–H and O–H groups in total. The van der Waals surface area contributed by atoms with Crippen molar-refractivity contribution in [2.75, 3.05) is 18.5 Å². The monoisotopic (exact) mass is 389 g/mol. The van der Waals surface area contributed by atoms with E-state index < -0.39 is 0 Å². The Morgan fingerprint density at radius 2 is 1.93 bits per heavy atom. The zero-order valence-corrected chi connectivity index (χ0v) is 17.2. The third-order valence-electron chi connectivity index (χ3n) is 5.45. The van der Waals surface area contributed by atoms with Crippen LogP contribution >= 0.6 is 0 Å². The highest BCUT2D eigenvalue weighted by Gasteiger charge is 2.33. The van der Waals surface area contributed by atoms with Crippen LogP contribution in [0, 0.1) is 13.8 Å². The topological polar surface area (TPSA) is 46.5 Å². The Morgan fingerprint density at radius 3 is 2.72 bits per heavy atom. The quantitative estimate of drug-likeness (QED) is 0.671. The third-order valence-corrected chi connectivity index (χ3v) is 5.45. The zero-order chi connectivity index (χ0) is 20.4. The van der Waals surface area contributed by atoms with E-state index in [4.69, 9.17) is 4.74 Å². The van der Waals surface area contributed by atoms with Crippen molar-refractivity contribution in [3.63, 3.8) is 0 Å². The highest BCUT2D eigenvalue weighted by Crippen LogP contribution is 2.35. The Hall–Kier alpha value is -3.21. The van der Waals surface area contributed by atoms with E-state index in [2.05, 4.69) is 60.3 Å². The van der Waals surface area contributed by atoms with Crippen LogP contribution in [0.1, 0.15) is 35.3 Å². The van der Waals surface area contributed by atoms with Crippen LogP contribution in [0.4, 0.5) is 10.5 Å². The standard InChI is InChI=1S/C24H27N3O2/c1-4-29-22-10-6-5-8-20(22)25-24(28)27-15-14-26-13-7-9-21(26)23(27)19-12-11-17(2)16-18(19)3/h5-13,16,23H,4,14-15H2,1-3H3,(H,25,28)/t23-/m1/s1. The molecule has 0 radical (unpaired) electrons. The van der Waals surface area contributed by atoms with Gasteiger partial charge in [0.05, 0.1) is 18.3 Å². The summed E-state index contributed by atoms with van der Waals surface area (Å²) < 4.78 is 7.91. The second kappa shape index (κ2) is 8.03. The fraction of sp³-hybridized carbons (Fsp3) is 0.292. The maximum Gasteiger partial charge on any atom is 0.322 e. The van der Waals surface area contributed by atoms with Gasteiger partial charge in [0.25, 0.3) is 0 Å². The maximum atomic E-state index is 13.4. The normalized spacial score (nSPS) is 15.7.